The molecule has 1 fully saturated rings. The number of ether oxygens (including phenoxy) is 1. The third kappa shape index (κ3) is 4.74. The largest absolute Gasteiger partial charge is 0.467 e. The molecule has 0 saturated carbocycles. The minimum Gasteiger partial charge on any atom is -0.467 e. The zero-order valence-electron chi connectivity index (χ0n) is 13.7. The van der Waals surface area contributed by atoms with Gasteiger partial charge in [-0.1, -0.05) is 13.8 Å². The van der Waals surface area contributed by atoms with E-state index in [0.29, 0.717) is 25.0 Å². The fourth-order valence-corrected chi connectivity index (χ4v) is 2.73. The number of carbonyl (C=O) groups excluding carboxylic acids is 1. The Labute approximate surface area is 132 Å². The van der Waals surface area contributed by atoms with E-state index in [4.69, 9.17) is 9.15 Å². The van der Waals surface area contributed by atoms with E-state index in [1.807, 2.05) is 12.1 Å². The van der Waals surface area contributed by atoms with Gasteiger partial charge >= 0.3 is 6.03 Å². The third-order valence-electron chi connectivity index (χ3n) is 4.07. The highest BCUT2D eigenvalue weighted by Crippen LogP contribution is 2.12. The molecule has 2 rings (SSSR count). The van der Waals surface area contributed by atoms with Gasteiger partial charge in [0.1, 0.15) is 5.76 Å². The van der Waals surface area contributed by atoms with Crippen LogP contribution in [0.1, 0.15) is 19.6 Å². The maximum Gasteiger partial charge on any atom is 0.317 e. The number of rotatable bonds is 6. The Morgan fingerprint density at radius 3 is 2.73 bits per heavy atom. The van der Waals surface area contributed by atoms with Crippen LogP contribution < -0.4 is 5.32 Å². The molecule has 1 aromatic heterocycles. The fraction of sp³-hybridized carbons (Fsp3) is 0.688. The molecule has 2 amide bonds. The van der Waals surface area contributed by atoms with Crippen molar-refractivity contribution in [1.29, 1.82) is 0 Å². The van der Waals surface area contributed by atoms with Crippen molar-refractivity contribution < 1.29 is 13.9 Å². The van der Waals surface area contributed by atoms with Gasteiger partial charge in [-0.2, -0.15) is 0 Å². The minimum absolute atomic E-state index is 0.0738. The number of hydrogen-bond acceptors (Lipinski definition) is 4. The molecule has 0 aromatic carbocycles. The van der Waals surface area contributed by atoms with Crippen LogP contribution in [0.4, 0.5) is 4.79 Å². The van der Waals surface area contributed by atoms with Crippen LogP contribution in [-0.2, 0) is 11.3 Å². The van der Waals surface area contributed by atoms with Crippen LogP contribution in [0.5, 0.6) is 0 Å². The van der Waals surface area contributed by atoms with Crippen LogP contribution in [0.25, 0.3) is 0 Å². The van der Waals surface area contributed by atoms with Gasteiger partial charge in [0.2, 0.25) is 0 Å². The molecule has 1 aliphatic rings. The molecule has 0 aliphatic carbocycles. The van der Waals surface area contributed by atoms with Gasteiger partial charge in [0.15, 0.2) is 0 Å². The highest BCUT2D eigenvalue weighted by Gasteiger charge is 2.24. The molecule has 1 aromatic rings. The first-order valence-electron chi connectivity index (χ1n) is 7.91. The van der Waals surface area contributed by atoms with E-state index in [-0.39, 0.29) is 6.03 Å². The average molecular weight is 309 g/mol. The predicted octanol–water partition coefficient (Wildman–Crippen LogP) is 1.78. The Hall–Kier alpha value is -1.53. The third-order valence-corrected chi connectivity index (χ3v) is 4.07. The smallest absolute Gasteiger partial charge is 0.317 e. The molecule has 0 radical (unpaired) electrons. The summed E-state index contributed by atoms with van der Waals surface area (Å²) in [7, 11) is 1.77. The summed E-state index contributed by atoms with van der Waals surface area (Å²) < 4.78 is 10.7. The van der Waals surface area contributed by atoms with Crippen LogP contribution in [0.15, 0.2) is 22.8 Å². The highest BCUT2D eigenvalue weighted by molar-refractivity contribution is 5.73. The van der Waals surface area contributed by atoms with Gasteiger partial charge in [0.25, 0.3) is 0 Å². The molecule has 1 unspecified atom stereocenters. The summed E-state index contributed by atoms with van der Waals surface area (Å²) in [4.78, 5) is 16.2. The van der Waals surface area contributed by atoms with E-state index in [0.717, 1.165) is 32.1 Å². The topological polar surface area (TPSA) is 58.0 Å². The lowest BCUT2D eigenvalue weighted by Gasteiger charge is -2.37. The Morgan fingerprint density at radius 2 is 2.14 bits per heavy atom. The summed E-state index contributed by atoms with van der Waals surface area (Å²) in [5.41, 5.74) is 0. The summed E-state index contributed by atoms with van der Waals surface area (Å²) in [6, 6.07) is 3.96. The second kappa shape index (κ2) is 8.19. The first-order chi connectivity index (χ1) is 10.6. The number of morpholine rings is 1. The second-order valence-corrected chi connectivity index (χ2v) is 6.08. The van der Waals surface area contributed by atoms with Crippen molar-refractivity contribution in [3.8, 4) is 0 Å². The summed E-state index contributed by atoms with van der Waals surface area (Å²) in [6.45, 7) is 8.92. The quantitative estimate of drug-likeness (QED) is 0.870. The van der Waals surface area contributed by atoms with Crippen LogP contribution >= 0.6 is 0 Å². The van der Waals surface area contributed by atoms with Gasteiger partial charge in [0.05, 0.1) is 26.0 Å². The average Bonchev–Trinajstić information content (AvgIpc) is 3.01. The van der Waals surface area contributed by atoms with Crippen LogP contribution in [-0.4, -0.2) is 61.8 Å². The molecule has 2 heterocycles. The number of carbonyl (C=O) groups is 1. The van der Waals surface area contributed by atoms with Gasteiger partial charge in [0, 0.05) is 32.7 Å². The lowest BCUT2D eigenvalue weighted by molar-refractivity contribution is 0.00696. The maximum absolute atomic E-state index is 12.2. The molecule has 124 valence electrons. The van der Waals surface area contributed by atoms with Crippen molar-refractivity contribution in [3.63, 3.8) is 0 Å². The monoisotopic (exact) mass is 309 g/mol. The van der Waals surface area contributed by atoms with E-state index in [1.165, 1.54) is 0 Å². The van der Waals surface area contributed by atoms with E-state index in [2.05, 4.69) is 24.1 Å². The van der Waals surface area contributed by atoms with Gasteiger partial charge < -0.3 is 19.4 Å². The van der Waals surface area contributed by atoms with Crippen molar-refractivity contribution >= 4 is 6.03 Å². The van der Waals surface area contributed by atoms with Gasteiger partial charge in [-0.05, 0) is 18.1 Å². The van der Waals surface area contributed by atoms with E-state index < -0.39 is 0 Å². The highest BCUT2D eigenvalue weighted by atomic mass is 16.5. The molecule has 1 N–H and O–H groups in total. The van der Waals surface area contributed by atoms with E-state index >= 15 is 0 Å². The SMILES string of the molecule is CC(C)C(CNC(=O)N(C)Cc1ccco1)N1CCOCC1. The van der Waals surface area contributed by atoms with Crippen LogP contribution in [0.2, 0.25) is 0 Å². The zero-order valence-corrected chi connectivity index (χ0v) is 13.7. The lowest BCUT2D eigenvalue weighted by atomic mass is 10.0. The lowest BCUT2D eigenvalue weighted by Crippen LogP contribution is -2.52. The van der Waals surface area contributed by atoms with Crippen molar-refractivity contribution in [2.24, 2.45) is 5.92 Å². The van der Waals surface area contributed by atoms with Crippen LogP contribution in [0.3, 0.4) is 0 Å². The number of amides is 2. The van der Waals surface area contributed by atoms with Crippen molar-refractivity contribution in [2.75, 3.05) is 39.9 Å². The molecular formula is C16H27N3O3. The summed E-state index contributed by atoms with van der Waals surface area (Å²) >= 11 is 0. The van der Waals surface area contributed by atoms with Crippen molar-refractivity contribution in [2.45, 2.75) is 26.4 Å². The normalized spacial score (nSPS) is 17.5. The Morgan fingerprint density at radius 1 is 1.41 bits per heavy atom. The summed E-state index contributed by atoms with van der Waals surface area (Å²) in [5.74, 6) is 1.26. The summed E-state index contributed by atoms with van der Waals surface area (Å²) in [5, 5.41) is 3.04. The summed E-state index contributed by atoms with van der Waals surface area (Å²) in [6.07, 6.45) is 1.62. The van der Waals surface area contributed by atoms with E-state index in [1.54, 1.807) is 18.2 Å². The molecule has 6 heteroatoms. The van der Waals surface area contributed by atoms with Crippen molar-refractivity contribution in [1.82, 2.24) is 15.1 Å². The maximum atomic E-state index is 12.2. The molecule has 1 aliphatic heterocycles. The Bertz CT molecular complexity index is 441. The predicted molar refractivity (Wildman–Crippen MR) is 84.6 cm³/mol. The molecule has 6 nitrogen and oxygen atoms in total. The Balaban J connectivity index is 1.81. The first-order valence-corrected chi connectivity index (χ1v) is 7.91. The van der Waals surface area contributed by atoms with Crippen LogP contribution in [0, 0.1) is 5.92 Å². The first kappa shape index (κ1) is 16.8. The molecule has 0 bridgehead atoms. The minimum atomic E-state index is -0.0738. The van der Waals surface area contributed by atoms with Gasteiger partial charge in [-0.3, -0.25) is 4.90 Å². The molecule has 1 atom stereocenters. The zero-order chi connectivity index (χ0) is 15.9. The Kier molecular flexibility index (Phi) is 6.27. The molecule has 22 heavy (non-hydrogen) atoms. The van der Waals surface area contributed by atoms with E-state index in [9.17, 15) is 4.79 Å². The number of hydrogen-bond donors (Lipinski definition) is 1. The van der Waals surface area contributed by atoms with Gasteiger partial charge in [-0.25, -0.2) is 4.79 Å². The molecule has 0 spiro atoms. The number of nitrogens with zero attached hydrogens (tertiary/aromatic N) is 2. The fourth-order valence-electron chi connectivity index (χ4n) is 2.73. The molecule has 1 saturated heterocycles. The van der Waals surface area contributed by atoms with Crippen molar-refractivity contribution in [3.05, 3.63) is 24.2 Å². The van der Waals surface area contributed by atoms with Gasteiger partial charge in [-0.15, -0.1) is 0 Å². The number of furan rings is 1. The standard InChI is InChI=1S/C16H27N3O3/c1-13(2)15(19-6-9-21-10-7-19)11-17-16(20)18(3)12-14-5-4-8-22-14/h4-5,8,13,15H,6-7,9-12H2,1-3H3,(H,17,20). The number of nitrogens with one attached hydrogen (secondary N) is 1. The number of urea groups is 1. The molecular weight excluding hydrogens is 282 g/mol. The second-order valence-electron chi connectivity index (χ2n) is 6.08.